The van der Waals surface area contributed by atoms with Gasteiger partial charge in [-0.3, -0.25) is 4.79 Å². The smallest absolute Gasteiger partial charge is 0.149 e. The Morgan fingerprint density at radius 1 is 1.29 bits per heavy atom. The molecular formula is C17H20ClNOS. The molecule has 0 saturated heterocycles. The first-order chi connectivity index (χ1) is 10.2. The molecule has 0 aromatic carbocycles. The van der Waals surface area contributed by atoms with Crippen LogP contribution in [0.4, 0.5) is 0 Å². The van der Waals surface area contributed by atoms with Crippen LogP contribution in [0.2, 0.25) is 5.15 Å². The Hall–Kier alpha value is -0.540. The quantitative estimate of drug-likeness (QED) is 0.755. The molecule has 0 spiro atoms. The third-order valence-corrected chi connectivity index (χ3v) is 7.06. The number of nitrogens with zero attached hydrogens (tertiary/aromatic N) is 1. The van der Waals surface area contributed by atoms with Gasteiger partial charge in [-0.1, -0.05) is 17.7 Å². The van der Waals surface area contributed by atoms with Crippen LogP contribution >= 0.6 is 23.4 Å². The van der Waals surface area contributed by atoms with Crippen LogP contribution in [-0.4, -0.2) is 16.5 Å². The third kappa shape index (κ3) is 2.43. The zero-order chi connectivity index (χ0) is 14.4. The standard InChI is InChI=1S/C17H20ClNOS/c18-16-2-1-11(8-19-16)9-21-10-15(20)17-6-12-3-13(7-17)5-14(17)4-12/h1-2,8,12-14H,3-7,9-10H2. The van der Waals surface area contributed by atoms with Crippen LogP contribution in [0, 0.1) is 23.2 Å². The van der Waals surface area contributed by atoms with Gasteiger partial charge in [0.2, 0.25) is 0 Å². The Morgan fingerprint density at radius 2 is 2.05 bits per heavy atom. The fourth-order valence-electron chi connectivity index (χ4n) is 5.15. The minimum atomic E-state index is 0.0822. The molecule has 1 aromatic rings. The monoisotopic (exact) mass is 321 g/mol. The molecule has 0 radical (unpaired) electrons. The van der Waals surface area contributed by atoms with Gasteiger partial charge in [-0.05, 0) is 61.5 Å². The predicted molar refractivity (Wildman–Crippen MR) is 86.4 cm³/mol. The molecule has 0 amide bonds. The van der Waals surface area contributed by atoms with Gasteiger partial charge in [0.25, 0.3) is 0 Å². The Labute approximate surface area is 135 Å². The van der Waals surface area contributed by atoms with Crippen LogP contribution in [-0.2, 0) is 10.5 Å². The lowest BCUT2D eigenvalue weighted by Crippen LogP contribution is -2.34. The van der Waals surface area contributed by atoms with Crippen molar-refractivity contribution in [3.05, 3.63) is 29.0 Å². The highest BCUT2D eigenvalue weighted by molar-refractivity contribution is 7.99. The number of hydrogen-bond acceptors (Lipinski definition) is 3. The first-order valence-corrected chi connectivity index (χ1v) is 9.40. The van der Waals surface area contributed by atoms with Gasteiger partial charge >= 0.3 is 0 Å². The third-order valence-electron chi connectivity index (χ3n) is 5.84. The van der Waals surface area contributed by atoms with Gasteiger partial charge in [0, 0.05) is 17.4 Å². The summed E-state index contributed by atoms with van der Waals surface area (Å²) in [7, 11) is 0. The van der Waals surface area contributed by atoms with E-state index in [0.717, 1.165) is 23.2 Å². The number of halogens is 1. The van der Waals surface area contributed by atoms with Crippen molar-refractivity contribution in [1.29, 1.82) is 0 Å². The van der Waals surface area contributed by atoms with E-state index in [0.29, 0.717) is 22.6 Å². The molecule has 1 heterocycles. The number of Topliss-reactive ketones (excluding diaryl/α,β-unsaturated/α-hetero) is 1. The van der Waals surface area contributed by atoms with Crippen LogP contribution in [0.3, 0.4) is 0 Å². The molecule has 5 rings (SSSR count). The molecule has 4 saturated carbocycles. The fourth-order valence-corrected chi connectivity index (χ4v) is 6.24. The van der Waals surface area contributed by atoms with E-state index in [9.17, 15) is 4.79 Å². The number of hydrogen-bond donors (Lipinski definition) is 0. The molecule has 4 aliphatic carbocycles. The second-order valence-corrected chi connectivity index (χ2v) is 8.48. The van der Waals surface area contributed by atoms with Crippen LogP contribution in [0.15, 0.2) is 18.3 Å². The summed E-state index contributed by atoms with van der Waals surface area (Å²) in [5, 5.41) is 0.526. The van der Waals surface area contributed by atoms with E-state index in [1.165, 1.54) is 32.1 Å². The minimum Gasteiger partial charge on any atom is -0.298 e. The lowest BCUT2D eigenvalue weighted by molar-refractivity contribution is -0.127. The molecule has 2 atom stereocenters. The van der Waals surface area contributed by atoms with Crippen LogP contribution in [0.5, 0.6) is 0 Å². The van der Waals surface area contributed by atoms with E-state index in [1.807, 2.05) is 12.1 Å². The van der Waals surface area contributed by atoms with Crippen LogP contribution in [0.1, 0.15) is 37.7 Å². The van der Waals surface area contributed by atoms with Crippen molar-refractivity contribution in [2.24, 2.45) is 23.2 Å². The van der Waals surface area contributed by atoms with Crippen LogP contribution < -0.4 is 0 Å². The number of pyridine rings is 1. The fraction of sp³-hybridized carbons (Fsp3) is 0.647. The molecular weight excluding hydrogens is 302 g/mol. The van der Waals surface area contributed by atoms with Gasteiger partial charge in [0.15, 0.2) is 0 Å². The van der Waals surface area contributed by atoms with E-state index in [-0.39, 0.29) is 5.41 Å². The van der Waals surface area contributed by atoms with Crippen molar-refractivity contribution in [2.75, 3.05) is 5.75 Å². The van der Waals surface area contributed by atoms with Crippen molar-refractivity contribution >= 4 is 29.1 Å². The summed E-state index contributed by atoms with van der Waals surface area (Å²) in [6.07, 6.45) is 8.24. The molecule has 4 aliphatic rings. The number of aromatic nitrogens is 1. The van der Waals surface area contributed by atoms with Crippen molar-refractivity contribution in [3.63, 3.8) is 0 Å². The zero-order valence-electron chi connectivity index (χ0n) is 12.1. The minimum absolute atomic E-state index is 0.0822. The summed E-state index contributed by atoms with van der Waals surface area (Å²) in [5.74, 6) is 4.48. The molecule has 112 valence electrons. The van der Waals surface area contributed by atoms with E-state index < -0.39 is 0 Å². The summed E-state index contributed by atoms with van der Waals surface area (Å²) in [5.41, 5.74) is 1.23. The number of thioether (sulfide) groups is 1. The maximum Gasteiger partial charge on any atom is 0.149 e. The summed E-state index contributed by atoms with van der Waals surface area (Å²) >= 11 is 7.52. The average Bonchev–Trinajstić information content (AvgIpc) is 2.87. The van der Waals surface area contributed by atoms with Gasteiger partial charge in [-0.25, -0.2) is 4.98 Å². The summed E-state index contributed by atoms with van der Waals surface area (Å²) < 4.78 is 0. The van der Waals surface area contributed by atoms with E-state index in [2.05, 4.69) is 4.98 Å². The maximum absolute atomic E-state index is 12.8. The highest BCUT2D eigenvalue weighted by atomic mass is 35.5. The predicted octanol–water partition coefficient (Wildman–Crippen LogP) is 4.36. The van der Waals surface area contributed by atoms with Gasteiger partial charge in [-0.2, -0.15) is 0 Å². The van der Waals surface area contributed by atoms with Crippen molar-refractivity contribution in [2.45, 2.75) is 37.9 Å². The Bertz CT molecular complexity index is 544. The number of carbonyl (C=O) groups is 1. The maximum atomic E-state index is 12.8. The highest BCUT2D eigenvalue weighted by Gasteiger charge is 2.60. The van der Waals surface area contributed by atoms with E-state index >= 15 is 0 Å². The van der Waals surface area contributed by atoms with E-state index in [4.69, 9.17) is 11.6 Å². The number of rotatable bonds is 5. The normalized spacial score (nSPS) is 36.3. The number of ketones is 1. The van der Waals surface area contributed by atoms with Crippen molar-refractivity contribution in [3.8, 4) is 0 Å². The van der Waals surface area contributed by atoms with Crippen molar-refractivity contribution in [1.82, 2.24) is 4.98 Å². The number of carbonyl (C=O) groups excluding carboxylic acids is 1. The molecule has 4 bridgehead atoms. The van der Waals surface area contributed by atoms with Crippen molar-refractivity contribution < 1.29 is 4.79 Å². The lowest BCUT2D eigenvalue weighted by atomic mass is 9.73. The Kier molecular flexibility index (Phi) is 3.54. The first-order valence-electron chi connectivity index (χ1n) is 7.87. The molecule has 0 N–H and O–H groups in total. The second kappa shape index (κ2) is 5.27. The molecule has 2 unspecified atom stereocenters. The first kappa shape index (κ1) is 14.1. The van der Waals surface area contributed by atoms with E-state index in [1.54, 1.807) is 18.0 Å². The Morgan fingerprint density at radius 3 is 2.71 bits per heavy atom. The topological polar surface area (TPSA) is 30.0 Å². The molecule has 2 nitrogen and oxygen atoms in total. The summed E-state index contributed by atoms with van der Waals surface area (Å²) in [4.78, 5) is 16.9. The summed E-state index contributed by atoms with van der Waals surface area (Å²) in [6.45, 7) is 0. The zero-order valence-corrected chi connectivity index (χ0v) is 13.6. The van der Waals surface area contributed by atoms with Gasteiger partial charge < -0.3 is 0 Å². The SMILES string of the molecule is O=C(CSCc1ccc(Cl)nc1)C12CC3CC(CC1C3)C2. The molecule has 21 heavy (non-hydrogen) atoms. The molecule has 4 fully saturated rings. The average molecular weight is 322 g/mol. The largest absolute Gasteiger partial charge is 0.298 e. The van der Waals surface area contributed by atoms with Crippen LogP contribution in [0.25, 0.3) is 0 Å². The van der Waals surface area contributed by atoms with Gasteiger partial charge in [0.1, 0.15) is 10.9 Å². The molecule has 1 aromatic heterocycles. The lowest BCUT2D eigenvalue weighted by Gasteiger charge is -2.31. The second-order valence-electron chi connectivity index (χ2n) is 7.11. The van der Waals surface area contributed by atoms with Gasteiger partial charge in [-0.15, -0.1) is 11.8 Å². The molecule has 0 aliphatic heterocycles. The summed E-state index contributed by atoms with van der Waals surface area (Å²) in [6, 6.07) is 3.81. The Balaban J connectivity index is 1.35. The molecule has 4 heteroatoms. The van der Waals surface area contributed by atoms with Gasteiger partial charge in [0.05, 0.1) is 5.75 Å². The highest BCUT2D eigenvalue weighted by Crippen LogP contribution is 2.65.